The molecule has 0 unspecified atom stereocenters. The molecule has 1 saturated carbocycles. The molecular weight excluding hydrogens is 576 g/mol. The average Bonchev–Trinajstić information content (AvgIpc) is 3.06. The second kappa shape index (κ2) is 14.8. The van der Waals surface area contributed by atoms with Crippen molar-refractivity contribution in [3.8, 4) is 0 Å². The van der Waals surface area contributed by atoms with Crippen LogP contribution in [0.15, 0.2) is 88.8 Å². The summed E-state index contributed by atoms with van der Waals surface area (Å²) in [6.07, 6.45) is 3.98. The van der Waals surface area contributed by atoms with Gasteiger partial charge in [0.15, 0.2) is 5.16 Å². The standard InChI is InChI=1S/C34H36N4O5S/c1-43-33(42)27-12-6-8-14-29(27)36-30(39)22-44-34-37-28-13-7-5-11-26(28)32(41)38(34)21-24-15-17-25(18-16-24)31(40)35-20-19-23-9-3-2-4-10-23/h2-14,24-25H,15-22H2,1H3,(H,35,40)(H,36,39). The number of nitrogens with zero attached hydrogens (tertiary/aromatic N) is 2. The molecule has 0 bridgehead atoms. The molecule has 0 spiro atoms. The van der Waals surface area contributed by atoms with Crippen LogP contribution >= 0.6 is 11.8 Å². The van der Waals surface area contributed by atoms with Gasteiger partial charge in [-0.2, -0.15) is 0 Å². The molecule has 0 radical (unpaired) electrons. The lowest BCUT2D eigenvalue weighted by atomic mass is 9.81. The van der Waals surface area contributed by atoms with Gasteiger partial charge in [0, 0.05) is 19.0 Å². The highest BCUT2D eigenvalue weighted by Crippen LogP contribution is 2.31. The number of esters is 1. The van der Waals surface area contributed by atoms with Crippen molar-refractivity contribution in [2.75, 3.05) is 24.7 Å². The van der Waals surface area contributed by atoms with Gasteiger partial charge in [0.25, 0.3) is 5.56 Å². The molecular formula is C34H36N4O5S. The van der Waals surface area contributed by atoms with Crippen LogP contribution in [0.2, 0.25) is 0 Å². The van der Waals surface area contributed by atoms with Gasteiger partial charge in [0.05, 0.1) is 35.0 Å². The van der Waals surface area contributed by atoms with Crippen LogP contribution in [-0.4, -0.2) is 46.7 Å². The van der Waals surface area contributed by atoms with Crippen molar-refractivity contribution in [3.63, 3.8) is 0 Å². The number of ether oxygens (including phenoxy) is 1. The van der Waals surface area contributed by atoms with Gasteiger partial charge in [-0.1, -0.05) is 66.4 Å². The Hall–Kier alpha value is -4.44. The fourth-order valence-corrected chi connectivity index (χ4v) is 6.41. The molecule has 9 nitrogen and oxygen atoms in total. The molecule has 1 fully saturated rings. The van der Waals surface area contributed by atoms with Crippen molar-refractivity contribution in [2.24, 2.45) is 11.8 Å². The van der Waals surface area contributed by atoms with Crippen molar-refractivity contribution < 1.29 is 19.1 Å². The fourth-order valence-electron chi connectivity index (χ4n) is 5.60. The van der Waals surface area contributed by atoms with Crippen LogP contribution in [0.5, 0.6) is 0 Å². The van der Waals surface area contributed by atoms with Crippen LogP contribution in [0, 0.1) is 11.8 Å². The zero-order valence-electron chi connectivity index (χ0n) is 24.7. The number of anilines is 1. The van der Waals surface area contributed by atoms with Gasteiger partial charge in [0.2, 0.25) is 11.8 Å². The smallest absolute Gasteiger partial charge is 0.339 e. The number of fused-ring (bicyclic) bond motifs is 1. The third kappa shape index (κ3) is 7.74. The van der Waals surface area contributed by atoms with Crippen LogP contribution in [-0.2, 0) is 27.3 Å². The van der Waals surface area contributed by atoms with Gasteiger partial charge >= 0.3 is 5.97 Å². The molecule has 1 aromatic heterocycles. The molecule has 44 heavy (non-hydrogen) atoms. The van der Waals surface area contributed by atoms with Crippen molar-refractivity contribution >= 4 is 46.1 Å². The number of thioether (sulfide) groups is 1. The minimum absolute atomic E-state index is 0.00379. The number of rotatable bonds is 11. The van der Waals surface area contributed by atoms with Crippen molar-refractivity contribution in [2.45, 2.75) is 43.8 Å². The summed E-state index contributed by atoms with van der Waals surface area (Å²) in [5.74, 6) is -0.601. The summed E-state index contributed by atoms with van der Waals surface area (Å²) in [6.45, 7) is 1.08. The van der Waals surface area contributed by atoms with E-state index in [1.807, 2.05) is 30.3 Å². The zero-order valence-corrected chi connectivity index (χ0v) is 25.5. The van der Waals surface area contributed by atoms with E-state index in [4.69, 9.17) is 9.72 Å². The highest BCUT2D eigenvalue weighted by molar-refractivity contribution is 7.99. The average molecular weight is 613 g/mol. The molecule has 0 saturated heterocycles. The summed E-state index contributed by atoms with van der Waals surface area (Å²) in [5.41, 5.74) is 2.24. The topological polar surface area (TPSA) is 119 Å². The number of carbonyl (C=O) groups is 3. The van der Waals surface area contributed by atoms with E-state index in [0.29, 0.717) is 34.8 Å². The lowest BCUT2D eigenvalue weighted by molar-refractivity contribution is -0.126. The van der Waals surface area contributed by atoms with Crippen LogP contribution in [0.3, 0.4) is 0 Å². The molecule has 0 aliphatic heterocycles. The van der Waals surface area contributed by atoms with E-state index in [1.54, 1.807) is 41.0 Å². The summed E-state index contributed by atoms with van der Waals surface area (Å²) >= 11 is 1.18. The molecule has 10 heteroatoms. The maximum absolute atomic E-state index is 13.6. The second-order valence-electron chi connectivity index (χ2n) is 10.9. The normalized spacial score (nSPS) is 16.3. The molecule has 0 atom stereocenters. The van der Waals surface area contributed by atoms with E-state index < -0.39 is 5.97 Å². The van der Waals surface area contributed by atoms with Gasteiger partial charge in [-0.3, -0.25) is 19.0 Å². The van der Waals surface area contributed by atoms with Crippen molar-refractivity contribution in [1.29, 1.82) is 0 Å². The third-order valence-corrected chi connectivity index (χ3v) is 8.96. The van der Waals surface area contributed by atoms with Crippen molar-refractivity contribution in [1.82, 2.24) is 14.9 Å². The van der Waals surface area contributed by atoms with E-state index in [9.17, 15) is 19.2 Å². The Morgan fingerprint density at radius 1 is 0.932 bits per heavy atom. The van der Waals surface area contributed by atoms with Gasteiger partial charge in [-0.25, -0.2) is 9.78 Å². The summed E-state index contributed by atoms with van der Waals surface area (Å²) < 4.78 is 6.49. The number of hydrogen-bond donors (Lipinski definition) is 2. The Labute approximate surface area is 260 Å². The Morgan fingerprint density at radius 2 is 1.64 bits per heavy atom. The van der Waals surface area contributed by atoms with Crippen LogP contribution in [0.4, 0.5) is 5.69 Å². The number of methoxy groups -OCH3 is 1. The number of amides is 2. The predicted octanol–water partition coefficient (Wildman–Crippen LogP) is 5.08. The minimum atomic E-state index is -0.544. The zero-order chi connectivity index (χ0) is 30.9. The number of para-hydroxylation sites is 2. The maximum atomic E-state index is 13.6. The Balaban J connectivity index is 1.22. The highest BCUT2D eigenvalue weighted by Gasteiger charge is 2.27. The fraction of sp³-hybridized carbons (Fsp3) is 0.324. The summed E-state index contributed by atoms with van der Waals surface area (Å²) in [7, 11) is 1.29. The molecule has 3 aromatic carbocycles. The number of benzene rings is 3. The van der Waals surface area contributed by atoms with E-state index in [1.165, 1.54) is 24.4 Å². The molecule has 4 aromatic rings. The summed E-state index contributed by atoms with van der Waals surface area (Å²) in [6, 6.07) is 23.9. The molecule has 228 valence electrons. The quantitative estimate of drug-likeness (QED) is 0.138. The van der Waals surface area contributed by atoms with Gasteiger partial charge in [0.1, 0.15) is 0 Å². The Morgan fingerprint density at radius 3 is 2.41 bits per heavy atom. The molecule has 5 rings (SSSR count). The number of carbonyl (C=O) groups excluding carboxylic acids is 3. The first-order valence-electron chi connectivity index (χ1n) is 14.8. The van der Waals surface area contributed by atoms with Gasteiger partial charge in [-0.15, -0.1) is 0 Å². The third-order valence-electron chi connectivity index (χ3n) is 7.98. The Kier molecular flexibility index (Phi) is 10.5. The van der Waals surface area contributed by atoms with Crippen LogP contribution in [0.25, 0.3) is 10.9 Å². The first kappa shape index (κ1) is 31.0. The van der Waals surface area contributed by atoms with E-state index in [2.05, 4.69) is 22.8 Å². The number of aromatic nitrogens is 2. The minimum Gasteiger partial charge on any atom is -0.465 e. The summed E-state index contributed by atoms with van der Waals surface area (Å²) in [4.78, 5) is 56.2. The SMILES string of the molecule is COC(=O)c1ccccc1NC(=O)CSc1nc2ccccc2c(=O)n1CC1CCC(C(=O)NCCc2ccccc2)CC1. The lowest BCUT2D eigenvalue weighted by Crippen LogP contribution is -2.35. The highest BCUT2D eigenvalue weighted by atomic mass is 32.2. The van der Waals surface area contributed by atoms with E-state index in [-0.39, 0.29) is 40.5 Å². The van der Waals surface area contributed by atoms with E-state index >= 15 is 0 Å². The predicted molar refractivity (Wildman–Crippen MR) is 172 cm³/mol. The molecule has 1 heterocycles. The monoisotopic (exact) mass is 612 g/mol. The largest absolute Gasteiger partial charge is 0.465 e. The Bertz CT molecular complexity index is 1680. The van der Waals surface area contributed by atoms with E-state index in [0.717, 1.165) is 32.1 Å². The molecule has 1 aliphatic carbocycles. The first-order valence-corrected chi connectivity index (χ1v) is 15.8. The molecule has 2 N–H and O–H groups in total. The second-order valence-corrected chi connectivity index (χ2v) is 11.9. The van der Waals surface area contributed by atoms with Crippen molar-refractivity contribution in [3.05, 3.63) is 100 Å². The van der Waals surface area contributed by atoms with Gasteiger partial charge in [-0.05, 0) is 67.9 Å². The van der Waals surface area contributed by atoms with Crippen LogP contribution < -0.4 is 16.2 Å². The summed E-state index contributed by atoms with van der Waals surface area (Å²) in [5, 5.41) is 6.86. The first-order chi connectivity index (χ1) is 21.4. The molecule has 1 aliphatic rings. The van der Waals surface area contributed by atoms with Gasteiger partial charge < -0.3 is 15.4 Å². The molecule has 2 amide bonds. The lowest BCUT2D eigenvalue weighted by Gasteiger charge is -2.28. The maximum Gasteiger partial charge on any atom is 0.339 e. The van der Waals surface area contributed by atoms with Crippen LogP contribution in [0.1, 0.15) is 41.6 Å². The number of nitrogens with one attached hydrogen (secondary N) is 2. The number of hydrogen-bond acceptors (Lipinski definition) is 7.